The van der Waals surface area contributed by atoms with Crippen LogP contribution in [0.2, 0.25) is 0 Å². The van der Waals surface area contributed by atoms with E-state index in [4.69, 9.17) is 14.6 Å². The van der Waals surface area contributed by atoms with Gasteiger partial charge in [-0.25, -0.2) is 0 Å². The lowest BCUT2D eigenvalue weighted by molar-refractivity contribution is -0.136. The van der Waals surface area contributed by atoms with Gasteiger partial charge in [0.2, 0.25) is 0 Å². The quantitative estimate of drug-likeness (QED) is 0.862. The maximum atomic E-state index is 10.7. The van der Waals surface area contributed by atoms with Crippen LogP contribution in [-0.2, 0) is 24.1 Å². The molecule has 2 aliphatic heterocycles. The van der Waals surface area contributed by atoms with E-state index in [1.165, 1.54) is 0 Å². The standard InChI is InChI=1S/C13H14O4/c14-12(15)2-1-10-9-4-6-16-11(9)7-8-3-5-17-13(8)10/h7H,1-6H2,(H,14,15). The third-order valence-corrected chi connectivity index (χ3v) is 3.35. The van der Waals surface area contributed by atoms with Crippen LogP contribution >= 0.6 is 0 Å². The van der Waals surface area contributed by atoms with Crippen molar-refractivity contribution in [2.75, 3.05) is 13.2 Å². The molecule has 0 saturated heterocycles. The fraction of sp³-hybridized carbons (Fsp3) is 0.462. The number of ether oxygens (including phenoxy) is 2. The number of rotatable bonds is 3. The SMILES string of the molecule is O=C(O)CCc1c2c(cc3c1OCC3)OCC2. The fourth-order valence-corrected chi connectivity index (χ4v) is 2.58. The Labute approximate surface area is 99.2 Å². The van der Waals surface area contributed by atoms with Gasteiger partial charge in [-0.15, -0.1) is 0 Å². The summed E-state index contributed by atoms with van der Waals surface area (Å²) in [5, 5.41) is 8.80. The second-order valence-corrected chi connectivity index (χ2v) is 4.41. The minimum atomic E-state index is -0.770. The van der Waals surface area contributed by atoms with Crippen molar-refractivity contribution in [1.29, 1.82) is 0 Å². The van der Waals surface area contributed by atoms with Crippen LogP contribution in [0, 0.1) is 0 Å². The molecule has 1 N–H and O–H groups in total. The molecule has 3 rings (SSSR count). The molecule has 2 heterocycles. The highest BCUT2D eigenvalue weighted by Gasteiger charge is 2.26. The van der Waals surface area contributed by atoms with Gasteiger partial charge in [0.15, 0.2) is 0 Å². The minimum absolute atomic E-state index is 0.145. The van der Waals surface area contributed by atoms with E-state index in [1.54, 1.807) is 0 Å². The first kappa shape index (κ1) is 10.4. The predicted octanol–water partition coefficient (Wildman–Crippen LogP) is 1.57. The van der Waals surface area contributed by atoms with Crippen molar-refractivity contribution in [1.82, 2.24) is 0 Å². The molecule has 0 saturated carbocycles. The predicted molar refractivity (Wildman–Crippen MR) is 60.8 cm³/mol. The summed E-state index contributed by atoms with van der Waals surface area (Å²) in [4.78, 5) is 10.7. The number of hydrogen-bond acceptors (Lipinski definition) is 3. The van der Waals surface area contributed by atoms with E-state index in [-0.39, 0.29) is 6.42 Å². The smallest absolute Gasteiger partial charge is 0.303 e. The molecule has 0 aliphatic carbocycles. The summed E-state index contributed by atoms with van der Waals surface area (Å²) in [6.07, 6.45) is 2.43. The molecule has 4 nitrogen and oxygen atoms in total. The molecule has 0 amide bonds. The molecule has 0 bridgehead atoms. The molecular formula is C13H14O4. The van der Waals surface area contributed by atoms with Gasteiger partial charge in [-0.05, 0) is 12.5 Å². The van der Waals surface area contributed by atoms with Gasteiger partial charge in [0.1, 0.15) is 11.5 Å². The Bertz CT molecular complexity index is 447. The number of carboxylic acids is 1. The van der Waals surface area contributed by atoms with Crippen molar-refractivity contribution in [3.63, 3.8) is 0 Å². The molecule has 1 aromatic carbocycles. The van der Waals surface area contributed by atoms with Crippen LogP contribution in [0.1, 0.15) is 23.1 Å². The van der Waals surface area contributed by atoms with Crippen molar-refractivity contribution in [2.24, 2.45) is 0 Å². The van der Waals surface area contributed by atoms with Crippen molar-refractivity contribution in [2.45, 2.75) is 25.7 Å². The number of benzene rings is 1. The topological polar surface area (TPSA) is 55.8 Å². The summed E-state index contributed by atoms with van der Waals surface area (Å²) >= 11 is 0. The molecule has 0 radical (unpaired) electrons. The van der Waals surface area contributed by atoms with Crippen molar-refractivity contribution >= 4 is 5.97 Å². The molecule has 90 valence electrons. The zero-order valence-corrected chi connectivity index (χ0v) is 9.49. The minimum Gasteiger partial charge on any atom is -0.493 e. The van der Waals surface area contributed by atoms with Gasteiger partial charge in [-0.3, -0.25) is 4.79 Å². The van der Waals surface area contributed by atoms with Crippen LogP contribution in [0.15, 0.2) is 6.07 Å². The molecule has 1 aromatic rings. The first-order valence-corrected chi connectivity index (χ1v) is 5.90. The molecule has 0 atom stereocenters. The van der Waals surface area contributed by atoms with Gasteiger partial charge in [-0.1, -0.05) is 0 Å². The third kappa shape index (κ3) is 1.73. The van der Waals surface area contributed by atoms with Gasteiger partial charge in [0.05, 0.1) is 13.2 Å². The van der Waals surface area contributed by atoms with Crippen molar-refractivity contribution in [3.8, 4) is 11.5 Å². The Morgan fingerprint density at radius 1 is 1.29 bits per heavy atom. The zero-order valence-electron chi connectivity index (χ0n) is 9.49. The maximum Gasteiger partial charge on any atom is 0.303 e. The Balaban J connectivity index is 2.02. The lowest BCUT2D eigenvalue weighted by atomic mass is 9.96. The molecule has 2 aliphatic rings. The fourth-order valence-electron chi connectivity index (χ4n) is 2.58. The first-order valence-electron chi connectivity index (χ1n) is 5.90. The number of fused-ring (bicyclic) bond motifs is 2. The third-order valence-electron chi connectivity index (χ3n) is 3.35. The van der Waals surface area contributed by atoms with E-state index in [0.29, 0.717) is 19.6 Å². The van der Waals surface area contributed by atoms with E-state index in [0.717, 1.165) is 41.0 Å². The molecular weight excluding hydrogens is 220 g/mol. The van der Waals surface area contributed by atoms with Gasteiger partial charge in [0.25, 0.3) is 0 Å². The van der Waals surface area contributed by atoms with E-state index in [2.05, 4.69) is 6.07 Å². The van der Waals surface area contributed by atoms with Crippen LogP contribution in [0.4, 0.5) is 0 Å². The Hall–Kier alpha value is -1.71. The summed E-state index contributed by atoms with van der Waals surface area (Å²) in [5.74, 6) is 1.07. The first-order chi connectivity index (χ1) is 8.25. The van der Waals surface area contributed by atoms with Crippen LogP contribution < -0.4 is 9.47 Å². The molecule has 0 fully saturated rings. The van der Waals surface area contributed by atoms with Crippen LogP contribution in [-0.4, -0.2) is 24.3 Å². The molecule has 0 unspecified atom stereocenters. The molecule has 0 spiro atoms. The Morgan fingerprint density at radius 3 is 2.94 bits per heavy atom. The Kier molecular flexibility index (Phi) is 2.42. The van der Waals surface area contributed by atoms with Crippen molar-refractivity contribution in [3.05, 3.63) is 22.8 Å². The second-order valence-electron chi connectivity index (χ2n) is 4.41. The lowest BCUT2D eigenvalue weighted by Crippen LogP contribution is -2.02. The summed E-state index contributed by atoms with van der Waals surface area (Å²) in [7, 11) is 0. The Morgan fingerprint density at radius 2 is 2.12 bits per heavy atom. The number of hydrogen-bond donors (Lipinski definition) is 1. The van der Waals surface area contributed by atoms with Gasteiger partial charge >= 0.3 is 5.97 Å². The normalized spacial score (nSPS) is 16.0. The van der Waals surface area contributed by atoms with E-state index >= 15 is 0 Å². The van der Waals surface area contributed by atoms with Crippen LogP contribution in [0.3, 0.4) is 0 Å². The average Bonchev–Trinajstić information content (AvgIpc) is 2.90. The average molecular weight is 234 g/mol. The van der Waals surface area contributed by atoms with E-state index in [1.807, 2.05) is 0 Å². The van der Waals surface area contributed by atoms with Gasteiger partial charge in [0, 0.05) is 36.0 Å². The van der Waals surface area contributed by atoms with Gasteiger partial charge < -0.3 is 14.6 Å². The number of aliphatic carboxylic acids is 1. The highest BCUT2D eigenvalue weighted by Crippen LogP contribution is 2.41. The molecule has 4 heteroatoms. The zero-order chi connectivity index (χ0) is 11.8. The maximum absolute atomic E-state index is 10.7. The highest BCUT2D eigenvalue weighted by atomic mass is 16.5. The molecule has 17 heavy (non-hydrogen) atoms. The van der Waals surface area contributed by atoms with Crippen molar-refractivity contribution < 1.29 is 19.4 Å². The largest absolute Gasteiger partial charge is 0.493 e. The molecule has 0 aromatic heterocycles. The highest BCUT2D eigenvalue weighted by molar-refractivity contribution is 5.68. The number of carboxylic acid groups (broad SMARTS) is 1. The summed E-state index contributed by atoms with van der Waals surface area (Å²) < 4.78 is 11.2. The van der Waals surface area contributed by atoms with Crippen LogP contribution in [0.25, 0.3) is 0 Å². The van der Waals surface area contributed by atoms with E-state index in [9.17, 15) is 4.79 Å². The monoisotopic (exact) mass is 234 g/mol. The van der Waals surface area contributed by atoms with E-state index < -0.39 is 5.97 Å². The van der Waals surface area contributed by atoms with Gasteiger partial charge in [-0.2, -0.15) is 0 Å². The second kappa shape index (κ2) is 3.95. The number of carbonyl (C=O) groups is 1. The van der Waals surface area contributed by atoms with Crippen LogP contribution in [0.5, 0.6) is 11.5 Å². The summed E-state index contributed by atoms with van der Waals surface area (Å²) in [5.41, 5.74) is 3.35. The lowest BCUT2D eigenvalue weighted by Gasteiger charge is -2.11. The summed E-state index contributed by atoms with van der Waals surface area (Å²) in [6.45, 7) is 1.39. The summed E-state index contributed by atoms with van der Waals surface area (Å²) in [6, 6.07) is 2.05.